The Morgan fingerprint density at radius 2 is 1.71 bits per heavy atom. The molecule has 2 saturated heterocycles. The van der Waals surface area contributed by atoms with E-state index >= 15 is 0 Å². The van der Waals surface area contributed by atoms with E-state index in [4.69, 9.17) is 4.74 Å². The zero-order valence-electron chi connectivity index (χ0n) is 17.6. The Kier molecular flexibility index (Phi) is 7.02. The molecular weight excluding hydrogens is 414 g/mol. The minimum Gasteiger partial charge on any atom is -0.377 e. The highest BCUT2D eigenvalue weighted by Crippen LogP contribution is 2.16. The summed E-state index contributed by atoms with van der Waals surface area (Å²) in [5.41, 5.74) is 1.78. The number of benzene rings is 2. The van der Waals surface area contributed by atoms with Crippen LogP contribution in [0.15, 0.2) is 59.5 Å². The first-order chi connectivity index (χ1) is 15.0. The van der Waals surface area contributed by atoms with Crippen LogP contribution < -0.4 is 4.72 Å². The van der Waals surface area contributed by atoms with Crippen molar-refractivity contribution in [1.29, 1.82) is 0 Å². The molecule has 2 aliphatic heterocycles. The quantitative estimate of drug-likeness (QED) is 0.709. The lowest BCUT2D eigenvalue weighted by Crippen LogP contribution is -2.48. The van der Waals surface area contributed by atoms with Crippen LogP contribution in [-0.4, -0.2) is 69.6 Å². The summed E-state index contributed by atoms with van der Waals surface area (Å²) in [6.07, 6.45) is 1.77. The van der Waals surface area contributed by atoms with Crippen LogP contribution >= 0.6 is 0 Å². The molecule has 0 aromatic heterocycles. The summed E-state index contributed by atoms with van der Waals surface area (Å²) in [7, 11) is -3.61. The molecule has 0 spiro atoms. The normalized spacial score (nSPS) is 20.1. The number of amides is 1. The Hall–Kier alpha value is -2.26. The minimum absolute atomic E-state index is 0.0591. The van der Waals surface area contributed by atoms with Crippen LogP contribution in [0.2, 0.25) is 0 Å². The molecule has 7 nitrogen and oxygen atoms in total. The van der Waals surface area contributed by atoms with Gasteiger partial charge in [-0.15, -0.1) is 0 Å². The van der Waals surface area contributed by atoms with E-state index in [-0.39, 0.29) is 23.5 Å². The van der Waals surface area contributed by atoms with E-state index in [0.717, 1.165) is 32.5 Å². The van der Waals surface area contributed by atoms with E-state index in [2.05, 4.69) is 21.8 Å². The molecule has 1 N–H and O–H groups in total. The van der Waals surface area contributed by atoms with Gasteiger partial charge in [-0.05, 0) is 42.7 Å². The average molecular weight is 444 g/mol. The van der Waals surface area contributed by atoms with E-state index in [1.807, 2.05) is 23.1 Å². The number of carbonyl (C=O) groups excluding carboxylic acids is 1. The standard InChI is InChI=1S/C23H29N3O4S/c27-23(26-14-12-25(13-15-26)18-19-5-2-1-3-6-19)20-8-10-22(11-9-20)31(28,29)24-17-21-7-4-16-30-21/h1-3,5-6,8-11,21,24H,4,7,12-18H2/t21-/m0/s1. The molecule has 2 aromatic carbocycles. The van der Waals surface area contributed by atoms with E-state index in [1.54, 1.807) is 12.1 Å². The van der Waals surface area contributed by atoms with Crippen molar-refractivity contribution in [3.05, 3.63) is 65.7 Å². The Labute approximate surface area is 184 Å². The largest absolute Gasteiger partial charge is 0.377 e. The van der Waals surface area contributed by atoms with Crippen LogP contribution in [-0.2, 0) is 21.3 Å². The molecule has 1 atom stereocenters. The number of nitrogens with zero attached hydrogens (tertiary/aromatic N) is 2. The second-order valence-corrected chi connectivity index (χ2v) is 9.83. The van der Waals surface area contributed by atoms with Crippen molar-refractivity contribution in [2.24, 2.45) is 0 Å². The molecule has 2 heterocycles. The molecule has 31 heavy (non-hydrogen) atoms. The molecule has 2 aromatic rings. The van der Waals surface area contributed by atoms with E-state index in [9.17, 15) is 13.2 Å². The molecule has 166 valence electrons. The highest BCUT2D eigenvalue weighted by molar-refractivity contribution is 7.89. The second-order valence-electron chi connectivity index (χ2n) is 8.07. The number of nitrogens with one attached hydrogen (secondary N) is 1. The van der Waals surface area contributed by atoms with Crippen LogP contribution in [0.4, 0.5) is 0 Å². The monoisotopic (exact) mass is 443 g/mol. The minimum atomic E-state index is -3.61. The molecule has 1 amide bonds. The number of hydrogen-bond donors (Lipinski definition) is 1. The van der Waals surface area contributed by atoms with E-state index < -0.39 is 10.0 Å². The van der Waals surface area contributed by atoms with Crippen molar-refractivity contribution in [3.63, 3.8) is 0 Å². The second kappa shape index (κ2) is 9.91. The molecule has 2 fully saturated rings. The van der Waals surface area contributed by atoms with Gasteiger partial charge in [0.05, 0.1) is 11.0 Å². The van der Waals surface area contributed by atoms with Gasteiger partial charge in [0.1, 0.15) is 0 Å². The number of rotatable bonds is 7. The SMILES string of the molecule is O=C(c1ccc(S(=O)(=O)NC[C@@H]2CCCO2)cc1)N1CCN(Cc2ccccc2)CC1. The third-order valence-electron chi connectivity index (χ3n) is 5.85. The van der Waals surface area contributed by atoms with Gasteiger partial charge in [-0.2, -0.15) is 0 Å². The number of sulfonamides is 1. The van der Waals surface area contributed by atoms with Crippen molar-refractivity contribution >= 4 is 15.9 Å². The predicted octanol–water partition coefficient (Wildman–Crippen LogP) is 2.10. The fourth-order valence-electron chi connectivity index (χ4n) is 4.00. The predicted molar refractivity (Wildman–Crippen MR) is 118 cm³/mol. The molecule has 0 aliphatic carbocycles. The van der Waals surface area contributed by atoms with Crippen molar-refractivity contribution < 1.29 is 17.9 Å². The topological polar surface area (TPSA) is 78.9 Å². The van der Waals surface area contributed by atoms with Gasteiger partial charge in [0.2, 0.25) is 10.0 Å². The Bertz CT molecular complexity index is 966. The van der Waals surface area contributed by atoms with Gasteiger partial charge in [0, 0.05) is 51.4 Å². The molecule has 2 aliphatic rings. The first-order valence-electron chi connectivity index (χ1n) is 10.8. The maximum atomic E-state index is 12.9. The number of ether oxygens (including phenoxy) is 1. The highest BCUT2D eigenvalue weighted by Gasteiger charge is 2.24. The zero-order chi connectivity index (χ0) is 21.7. The molecular formula is C23H29N3O4S. The summed E-state index contributed by atoms with van der Waals surface area (Å²) in [5.74, 6) is -0.0596. The van der Waals surface area contributed by atoms with Gasteiger partial charge in [0.15, 0.2) is 0 Å². The van der Waals surface area contributed by atoms with Gasteiger partial charge in [0.25, 0.3) is 5.91 Å². The Balaban J connectivity index is 1.30. The van der Waals surface area contributed by atoms with Crippen molar-refractivity contribution in [2.45, 2.75) is 30.4 Å². The maximum absolute atomic E-state index is 12.9. The fourth-order valence-corrected chi connectivity index (χ4v) is 5.07. The zero-order valence-corrected chi connectivity index (χ0v) is 18.4. The lowest BCUT2D eigenvalue weighted by atomic mass is 10.1. The van der Waals surface area contributed by atoms with Crippen molar-refractivity contribution in [3.8, 4) is 0 Å². The van der Waals surface area contributed by atoms with Gasteiger partial charge >= 0.3 is 0 Å². The lowest BCUT2D eigenvalue weighted by Gasteiger charge is -2.34. The molecule has 8 heteroatoms. The van der Waals surface area contributed by atoms with Crippen LogP contribution in [0.25, 0.3) is 0 Å². The third kappa shape index (κ3) is 5.71. The van der Waals surface area contributed by atoms with Crippen LogP contribution in [0.5, 0.6) is 0 Å². The van der Waals surface area contributed by atoms with Crippen molar-refractivity contribution in [2.75, 3.05) is 39.3 Å². The summed E-state index contributed by atoms with van der Waals surface area (Å²) < 4.78 is 33.0. The molecule has 0 radical (unpaired) electrons. The van der Waals surface area contributed by atoms with Crippen LogP contribution in [0, 0.1) is 0 Å². The van der Waals surface area contributed by atoms with E-state index in [0.29, 0.717) is 25.3 Å². The number of hydrogen-bond acceptors (Lipinski definition) is 5. The summed E-state index contributed by atoms with van der Waals surface area (Å²) in [5, 5.41) is 0. The first-order valence-corrected chi connectivity index (χ1v) is 12.3. The molecule has 0 unspecified atom stereocenters. The molecule has 0 saturated carbocycles. The Morgan fingerprint density at radius 3 is 2.35 bits per heavy atom. The maximum Gasteiger partial charge on any atom is 0.253 e. The molecule has 0 bridgehead atoms. The smallest absolute Gasteiger partial charge is 0.253 e. The summed E-state index contributed by atoms with van der Waals surface area (Å²) in [6.45, 7) is 4.80. The average Bonchev–Trinajstić information content (AvgIpc) is 3.33. The lowest BCUT2D eigenvalue weighted by molar-refractivity contribution is 0.0628. The number of piperazine rings is 1. The summed E-state index contributed by atoms with van der Waals surface area (Å²) >= 11 is 0. The summed E-state index contributed by atoms with van der Waals surface area (Å²) in [6, 6.07) is 16.5. The van der Waals surface area contributed by atoms with Crippen LogP contribution in [0.3, 0.4) is 0 Å². The highest BCUT2D eigenvalue weighted by atomic mass is 32.2. The number of carbonyl (C=O) groups is 1. The van der Waals surface area contributed by atoms with Gasteiger partial charge < -0.3 is 9.64 Å². The third-order valence-corrected chi connectivity index (χ3v) is 7.28. The molecule has 4 rings (SSSR count). The van der Waals surface area contributed by atoms with Gasteiger partial charge in [-0.3, -0.25) is 9.69 Å². The fraction of sp³-hybridized carbons (Fsp3) is 0.435. The first kappa shape index (κ1) is 22.0. The van der Waals surface area contributed by atoms with Crippen molar-refractivity contribution in [1.82, 2.24) is 14.5 Å². The van der Waals surface area contributed by atoms with Gasteiger partial charge in [-0.25, -0.2) is 13.1 Å². The van der Waals surface area contributed by atoms with E-state index in [1.165, 1.54) is 17.7 Å². The van der Waals surface area contributed by atoms with Crippen LogP contribution in [0.1, 0.15) is 28.8 Å². The Morgan fingerprint density at radius 1 is 1.00 bits per heavy atom. The van der Waals surface area contributed by atoms with Gasteiger partial charge in [-0.1, -0.05) is 30.3 Å². The summed E-state index contributed by atoms with van der Waals surface area (Å²) in [4.78, 5) is 17.2.